The highest BCUT2D eigenvalue weighted by atomic mass is 79.9. The fourth-order valence-electron chi connectivity index (χ4n) is 1.40. The zero-order chi connectivity index (χ0) is 14.0. The molecule has 0 heterocycles. The summed E-state index contributed by atoms with van der Waals surface area (Å²) in [4.78, 5) is 0.167. The first kappa shape index (κ1) is 14.4. The molecule has 0 fully saturated rings. The number of anilines is 1. The molecule has 0 saturated carbocycles. The van der Waals surface area contributed by atoms with Gasteiger partial charge in [0.2, 0.25) is 0 Å². The van der Waals surface area contributed by atoms with E-state index in [0.717, 1.165) is 4.47 Å². The second-order valence-corrected chi connectivity index (χ2v) is 7.18. The summed E-state index contributed by atoms with van der Waals surface area (Å²) in [5.74, 6) is 0.0478. The molecule has 0 atom stereocenters. The van der Waals surface area contributed by atoms with E-state index in [1.807, 2.05) is 0 Å². The van der Waals surface area contributed by atoms with Crippen LogP contribution in [0.1, 0.15) is 0 Å². The van der Waals surface area contributed by atoms with Gasteiger partial charge in [0.1, 0.15) is 5.75 Å². The molecule has 2 aromatic rings. The van der Waals surface area contributed by atoms with E-state index in [1.165, 1.54) is 30.3 Å². The van der Waals surface area contributed by atoms with Gasteiger partial charge in [-0.25, -0.2) is 8.42 Å². The maximum atomic E-state index is 12.1. The fraction of sp³-hybridized carbons (Fsp3) is 0. The van der Waals surface area contributed by atoms with Gasteiger partial charge in [-0.15, -0.1) is 0 Å². The van der Waals surface area contributed by atoms with Crippen molar-refractivity contribution in [1.29, 1.82) is 0 Å². The molecule has 2 rings (SSSR count). The van der Waals surface area contributed by atoms with Gasteiger partial charge < -0.3 is 5.11 Å². The number of nitrogens with one attached hydrogen (secondary N) is 1. The Kier molecular flexibility index (Phi) is 4.17. The average Bonchev–Trinajstić information content (AvgIpc) is 2.34. The molecule has 2 aromatic carbocycles. The topological polar surface area (TPSA) is 66.4 Å². The van der Waals surface area contributed by atoms with Crippen molar-refractivity contribution in [3.63, 3.8) is 0 Å². The van der Waals surface area contributed by atoms with Crippen molar-refractivity contribution in [1.82, 2.24) is 0 Å². The molecule has 0 bridgehead atoms. The SMILES string of the molecule is O=S(=O)(Nc1ccc(O)c(Br)c1)c1ccc(Br)cc1. The first-order valence-corrected chi connectivity index (χ1v) is 8.22. The van der Waals surface area contributed by atoms with E-state index in [1.54, 1.807) is 12.1 Å². The summed E-state index contributed by atoms with van der Waals surface area (Å²) in [6.07, 6.45) is 0. The highest BCUT2D eigenvalue weighted by Gasteiger charge is 2.14. The lowest BCUT2D eigenvalue weighted by molar-refractivity contribution is 0.472. The summed E-state index contributed by atoms with van der Waals surface area (Å²) < 4.78 is 27.9. The van der Waals surface area contributed by atoms with Gasteiger partial charge >= 0.3 is 0 Å². The first-order chi connectivity index (χ1) is 8.88. The number of benzene rings is 2. The largest absolute Gasteiger partial charge is 0.507 e. The van der Waals surface area contributed by atoms with Gasteiger partial charge in [0.15, 0.2) is 0 Å². The van der Waals surface area contributed by atoms with Gasteiger partial charge in [0.25, 0.3) is 10.0 Å². The minimum Gasteiger partial charge on any atom is -0.507 e. The number of phenolic OH excluding ortho intramolecular Hbond substituents is 1. The van der Waals surface area contributed by atoms with Gasteiger partial charge in [-0.1, -0.05) is 15.9 Å². The normalized spacial score (nSPS) is 11.3. The molecular formula is C12H9Br2NO3S. The van der Waals surface area contributed by atoms with Crippen molar-refractivity contribution < 1.29 is 13.5 Å². The van der Waals surface area contributed by atoms with Crippen LogP contribution in [0.3, 0.4) is 0 Å². The Morgan fingerprint density at radius 2 is 1.63 bits per heavy atom. The second kappa shape index (κ2) is 5.52. The first-order valence-electron chi connectivity index (χ1n) is 5.15. The number of hydrogen-bond acceptors (Lipinski definition) is 3. The summed E-state index contributed by atoms with van der Waals surface area (Å²) in [7, 11) is -3.63. The Hall–Kier alpha value is -1.05. The Morgan fingerprint density at radius 3 is 2.21 bits per heavy atom. The summed E-state index contributed by atoms with van der Waals surface area (Å²) in [5.41, 5.74) is 0.368. The molecule has 0 spiro atoms. The van der Waals surface area contributed by atoms with Crippen LogP contribution in [-0.2, 0) is 10.0 Å². The van der Waals surface area contributed by atoms with Gasteiger partial charge in [-0.2, -0.15) is 0 Å². The molecule has 0 saturated heterocycles. The summed E-state index contributed by atoms with van der Waals surface area (Å²) in [5, 5.41) is 9.36. The van der Waals surface area contributed by atoms with Crippen LogP contribution in [0.25, 0.3) is 0 Å². The monoisotopic (exact) mass is 405 g/mol. The number of phenols is 1. The molecule has 0 unspecified atom stereocenters. The molecule has 0 aliphatic heterocycles. The van der Waals surface area contributed by atoms with E-state index in [2.05, 4.69) is 36.6 Å². The zero-order valence-corrected chi connectivity index (χ0v) is 13.5. The minimum atomic E-state index is -3.63. The van der Waals surface area contributed by atoms with E-state index in [-0.39, 0.29) is 10.6 Å². The Balaban J connectivity index is 2.30. The van der Waals surface area contributed by atoms with Crippen molar-refractivity contribution in [2.75, 3.05) is 4.72 Å². The molecule has 2 N–H and O–H groups in total. The molecule has 0 aliphatic carbocycles. The van der Waals surface area contributed by atoms with Gasteiger partial charge in [-0.3, -0.25) is 4.72 Å². The van der Waals surface area contributed by atoms with E-state index >= 15 is 0 Å². The average molecular weight is 407 g/mol. The predicted octanol–water partition coefficient (Wildman–Crippen LogP) is 3.72. The maximum absolute atomic E-state index is 12.1. The highest BCUT2D eigenvalue weighted by Crippen LogP contribution is 2.28. The molecule has 100 valence electrons. The van der Waals surface area contributed by atoms with Crippen LogP contribution in [0.5, 0.6) is 5.75 Å². The Bertz CT molecular complexity index is 699. The van der Waals surface area contributed by atoms with Crippen LogP contribution in [0.4, 0.5) is 5.69 Å². The fourth-order valence-corrected chi connectivity index (χ4v) is 3.09. The third-order valence-corrected chi connectivity index (χ3v) is 4.88. The van der Waals surface area contributed by atoms with Crippen molar-refractivity contribution in [2.45, 2.75) is 4.90 Å². The number of sulfonamides is 1. The highest BCUT2D eigenvalue weighted by molar-refractivity contribution is 9.10. The van der Waals surface area contributed by atoms with E-state index in [9.17, 15) is 13.5 Å². The van der Waals surface area contributed by atoms with Crippen LogP contribution in [0.15, 0.2) is 56.3 Å². The van der Waals surface area contributed by atoms with Crippen LogP contribution < -0.4 is 4.72 Å². The predicted molar refractivity (Wildman–Crippen MR) is 80.8 cm³/mol. The van der Waals surface area contributed by atoms with E-state index in [4.69, 9.17) is 0 Å². The smallest absolute Gasteiger partial charge is 0.261 e. The second-order valence-electron chi connectivity index (χ2n) is 3.73. The molecule has 0 aromatic heterocycles. The van der Waals surface area contributed by atoms with Crippen LogP contribution in [0.2, 0.25) is 0 Å². The third kappa shape index (κ3) is 3.49. The lowest BCUT2D eigenvalue weighted by Gasteiger charge is -2.09. The van der Waals surface area contributed by atoms with Crippen molar-refractivity contribution in [3.05, 3.63) is 51.4 Å². The number of aromatic hydroxyl groups is 1. The number of hydrogen-bond donors (Lipinski definition) is 2. The molecule has 0 aliphatic rings. The maximum Gasteiger partial charge on any atom is 0.261 e. The number of halogens is 2. The van der Waals surface area contributed by atoms with Gasteiger partial charge in [0, 0.05) is 4.47 Å². The third-order valence-electron chi connectivity index (χ3n) is 2.32. The van der Waals surface area contributed by atoms with Crippen LogP contribution in [0, 0.1) is 0 Å². The molecule has 4 nitrogen and oxygen atoms in total. The minimum absolute atomic E-state index is 0.0478. The van der Waals surface area contributed by atoms with Crippen molar-refractivity contribution in [2.24, 2.45) is 0 Å². The lowest BCUT2D eigenvalue weighted by Crippen LogP contribution is -2.12. The molecule has 7 heteroatoms. The Labute approximate surface area is 127 Å². The standard InChI is InChI=1S/C12H9Br2NO3S/c13-8-1-4-10(5-2-8)19(17,18)15-9-3-6-12(16)11(14)7-9/h1-7,15-16H. The number of rotatable bonds is 3. The van der Waals surface area contributed by atoms with Crippen molar-refractivity contribution in [3.8, 4) is 5.75 Å². The van der Waals surface area contributed by atoms with Gasteiger partial charge in [-0.05, 0) is 58.4 Å². The summed E-state index contributed by atoms with van der Waals surface area (Å²) in [6, 6.07) is 10.7. The van der Waals surface area contributed by atoms with E-state index < -0.39 is 10.0 Å². The summed E-state index contributed by atoms with van der Waals surface area (Å²) in [6.45, 7) is 0. The molecular weight excluding hydrogens is 398 g/mol. The van der Waals surface area contributed by atoms with E-state index in [0.29, 0.717) is 10.2 Å². The van der Waals surface area contributed by atoms with Crippen molar-refractivity contribution >= 4 is 47.6 Å². The van der Waals surface area contributed by atoms with Crippen LogP contribution >= 0.6 is 31.9 Å². The van der Waals surface area contributed by atoms with Gasteiger partial charge in [0.05, 0.1) is 15.1 Å². The van der Waals surface area contributed by atoms with Crippen LogP contribution in [-0.4, -0.2) is 13.5 Å². The lowest BCUT2D eigenvalue weighted by atomic mass is 10.3. The molecule has 0 amide bonds. The Morgan fingerprint density at radius 1 is 1.00 bits per heavy atom. The summed E-state index contributed by atoms with van der Waals surface area (Å²) >= 11 is 6.38. The molecule has 19 heavy (non-hydrogen) atoms. The quantitative estimate of drug-likeness (QED) is 0.763. The zero-order valence-electron chi connectivity index (χ0n) is 9.47. The molecule has 0 radical (unpaired) electrons.